The zero-order valence-corrected chi connectivity index (χ0v) is 19.4. The second-order valence-electron chi connectivity index (χ2n) is 7.98. The van der Waals surface area contributed by atoms with Crippen molar-refractivity contribution < 1.29 is 17.6 Å². The molecule has 0 saturated carbocycles. The summed E-state index contributed by atoms with van der Waals surface area (Å²) in [5, 5.41) is 2.89. The zero-order chi connectivity index (χ0) is 23.5. The molecule has 3 rings (SSSR count). The van der Waals surface area contributed by atoms with Crippen LogP contribution in [0.5, 0.6) is 0 Å². The number of nitrogens with one attached hydrogen (secondary N) is 1. The van der Waals surface area contributed by atoms with Crippen LogP contribution in [0.1, 0.15) is 45.6 Å². The van der Waals surface area contributed by atoms with Gasteiger partial charge in [0, 0.05) is 5.56 Å². The Kier molecular flexibility index (Phi) is 6.99. The lowest BCUT2D eigenvalue weighted by Crippen LogP contribution is -2.29. The predicted octanol–water partition coefficient (Wildman–Crippen LogP) is 4.90. The summed E-state index contributed by atoms with van der Waals surface area (Å²) in [5.41, 5.74) is 4.72. The molecule has 168 valence electrons. The third-order valence-corrected chi connectivity index (χ3v) is 6.58. The molecular formula is C25H27FN2O3S. The van der Waals surface area contributed by atoms with E-state index in [0.29, 0.717) is 11.3 Å². The maximum absolute atomic E-state index is 13.1. The minimum atomic E-state index is -3.49. The highest BCUT2D eigenvalue weighted by molar-refractivity contribution is 7.92. The first kappa shape index (κ1) is 23.5. The molecule has 0 aromatic heterocycles. The van der Waals surface area contributed by atoms with E-state index in [-0.39, 0.29) is 24.3 Å². The molecule has 5 nitrogen and oxygen atoms in total. The third-order valence-electron chi connectivity index (χ3n) is 5.44. The molecule has 3 aromatic carbocycles. The van der Waals surface area contributed by atoms with Crippen LogP contribution in [-0.2, 0) is 16.6 Å². The van der Waals surface area contributed by atoms with Gasteiger partial charge in [-0.25, -0.2) is 12.8 Å². The molecule has 3 aromatic rings. The highest BCUT2D eigenvalue weighted by Crippen LogP contribution is 2.24. The van der Waals surface area contributed by atoms with Gasteiger partial charge in [-0.15, -0.1) is 0 Å². The van der Waals surface area contributed by atoms with E-state index in [4.69, 9.17) is 0 Å². The van der Waals surface area contributed by atoms with Crippen molar-refractivity contribution in [2.45, 2.75) is 33.4 Å². The monoisotopic (exact) mass is 454 g/mol. The van der Waals surface area contributed by atoms with Gasteiger partial charge in [-0.05, 0) is 79.4 Å². The number of hydrogen-bond donors (Lipinski definition) is 1. The summed E-state index contributed by atoms with van der Waals surface area (Å²) in [4.78, 5) is 12.6. The van der Waals surface area contributed by atoms with Crippen molar-refractivity contribution in [3.63, 3.8) is 0 Å². The molecule has 7 heteroatoms. The Bertz CT molecular complexity index is 1210. The molecule has 0 radical (unpaired) electrons. The van der Waals surface area contributed by atoms with Crippen molar-refractivity contribution in [2.75, 3.05) is 10.6 Å². The van der Waals surface area contributed by atoms with Crippen molar-refractivity contribution in [3.05, 3.63) is 100 Å². The number of nitrogens with zero attached hydrogens (tertiary/aromatic N) is 1. The molecule has 0 fully saturated rings. The number of sulfonamides is 1. The average molecular weight is 455 g/mol. The van der Waals surface area contributed by atoms with Crippen LogP contribution in [0.15, 0.2) is 66.7 Å². The van der Waals surface area contributed by atoms with Gasteiger partial charge in [0.05, 0.1) is 24.5 Å². The SMILES string of the molecule is Cc1ccc(N(Cc2ccc(C(=O)N[C@H](C)c3ccc(F)cc3)cc2)S(C)(=O)=O)cc1C. The summed E-state index contributed by atoms with van der Waals surface area (Å²) in [6, 6.07) is 18.1. The van der Waals surface area contributed by atoms with E-state index in [2.05, 4.69) is 5.32 Å². The first-order chi connectivity index (χ1) is 15.0. The van der Waals surface area contributed by atoms with Crippen molar-refractivity contribution in [2.24, 2.45) is 0 Å². The lowest BCUT2D eigenvalue weighted by Gasteiger charge is -2.23. The van der Waals surface area contributed by atoms with E-state index >= 15 is 0 Å². The maximum Gasteiger partial charge on any atom is 0.251 e. The Balaban J connectivity index is 1.74. The van der Waals surface area contributed by atoms with Crippen molar-refractivity contribution >= 4 is 21.6 Å². The number of benzene rings is 3. The second-order valence-corrected chi connectivity index (χ2v) is 9.89. The van der Waals surface area contributed by atoms with Crippen molar-refractivity contribution in [1.82, 2.24) is 5.32 Å². The number of aryl methyl sites for hydroxylation is 2. The first-order valence-corrected chi connectivity index (χ1v) is 12.1. The fourth-order valence-corrected chi connectivity index (χ4v) is 4.20. The molecule has 0 unspecified atom stereocenters. The minimum Gasteiger partial charge on any atom is -0.346 e. The molecule has 0 aliphatic carbocycles. The Morgan fingerprint density at radius 2 is 1.59 bits per heavy atom. The molecule has 32 heavy (non-hydrogen) atoms. The van der Waals surface area contributed by atoms with Gasteiger partial charge < -0.3 is 5.32 Å². The molecule has 0 saturated heterocycles. The quantitative estimate of drug-likeness (QED) is 0.552. The van der Waals surface area contributed by atoms with Gasteiger partial charge in [-0.2, -0.15) is 0 Å². The summed E-state index contributed by atoms with van der Waals surface area (Å²) >= 11 is 0. The summed E-state index contributed by atoms with van der Waals surface area (Å²) in [6.07, 6.45) is 1.18. The summed E-state index contributed by atoms with van der Waals surface area (Å²) in [5.74, 6) is -0.589. The third kappa shape index (κ3) is 5.73. The van der Waals surface area contributed by atoms with Crippen LogP contribution in [0, 0.1) is 19.7 Å². The summed E-state index contributed by atoms with van der Waals surface area (Å²) in [7, 11) is -3.49. The van der Waals surface area contributed by atoms with Crippen LogP contribution in [-0.4, -0.2) is 20.6 Å². The number of rotatable bonds is 7. The number of carbonyl (C=O) groups is 1. The van der Waals surface area contributed by atoms with E-state index < -0.39 is 10.0 Å². The number of amides is 1. The molecule has 1 N–H and O–H groups in total. The molecule has 0 aliphatic rings. The minimum absolute atomic E-state index is 0.162. The zero-order valence-electron chi connectivity index (χ0n) is 18.6. The van der Waals surface area contributed by atoms with Crippen LogP contribution in [0.2, 0.25) is 0 Å². The van der Waals surface area contributed by atoms with Crippen LogP contribution in [0.25, 0.3) is 0 Å². The number of halogens is 1. The molecular weight excluding hydrogens is 427 g/mol. The average Bonchev–Trinajstić information content (AvgIpc) is 2.74. The van der Waals surface area contributed by atoms with Crippen molar-refractivity contribution in [3.8, 4) is 0 Å². The largest absolute Gasteiger partial charge is 0.346 e. The molecule has 0 spiro atoms. The predicted molar refractivity (Wildman–Crippen MR) is 126 cm³/mol. The molecule has 1 atom stereocenters. The van der Waals surface area contributed by atoms with Crippen molar-refractivity contribution in [1.29, 1.82) is 0 Å². The van der Waals surface area contributed by atoms with E-state index in [9.17, 15) is 17.6 Å². The standard InChI is InChI=1S/C25H27FN2O3S/c1-17-5-14-24(15-18(17)2)28(32(4,30)31)16-20-6-8-22(9-7-20)25(29)27-19(3)21-10-12-23(26)13-11-21/h5-15,19H,16H2,1-4H3,(H,27,29)/t19-/m1/s1. The number of carbonyl (C=O) groups excluding carboxylic acids is 1. The van der Waals surface area contributed by atoms with E-state index in [1.165, 1.54) is 22.7 Å². The van der Waals surface area contributed by atoms with Crippen LogP contribution >= 0.6 is 0 Å². The van der Waals surface area contributed by atoms with Gasteiger partial charge in [0.2, 0.25) is 10.0 Å². The smallest absolute Gasteiger partial charge is 0.251 e. The normalized spacial score (nSPS) is 12.3. The fourth-order valence-electron chi connectivity index (χ4n) is 3.32. The van der Waals surface area contributed by atoms with Crippen LogP contribution < -0.4 is 9.62 Å². The Morgan fingerprint density at radius 3 is 2.16 bits per heavy atom. The van der Waals surface area contributed by atoms with Crippen LogP contribution in [0.3, 0.4) is 0 Å². The van der Waals surface area contributed by atoms with Gasteiger partial charge in [0.1, 0.15) is 5.82 Å². The highest BCUT2D eigenvalue weighted by atomic mass is 32.2. The Morgan fingerprint density at radius 1 is 0.969 bits per heavy atom. The van der Waals surface area contributed by atoms with Gasteiger partial charge in [-0.3, -0.25) is 9.10 Å². The molecule has 1 amide bonds. The Hall–Kier alpha value is -3.19. The molecule has 0 aliphatic heterocycles. The lowest BCUT2D eigenvalue weighted by atomic mass is 10.1. The number of hydrogen-bond acceptors (Lipinski definition) is 3. The first-order valence-electron chi connectivity index (χ1n) is 10.2. The van der Waals surface area contributed by atoms with Gasteiger partial charge in [0.25, 0.3) is 5.91 Å². The van der Waals surface area contributed by atoms with Gasteiger partial charge in [0.15, 0.2) is 0 Å². The fraction of sp³-hybridized carbons (Fsp3) is 0.240. The maximum atomic E-state index is 13.1. The Labute approximate surface area is 188 Å². The van der Waals surface area contributed by atoms with E-state index in [0.717, 1.165) is 22.3 Å². The lowest BCUT2D eigenvalue weighted by molar-refractivity contribution is 0.0940. The van der Waals surface area contributed by atoms with Gasteiger partial charge >= 0.3 is 0 Å². The highest BCUT2D eigenvalue weighted by Gasteiger charge is 2.19. The number of anilines is 1. The van der Waals surface area contributed by atoms with Crippen LogP contribution in [0.4, 0.5) is 10.1 Å². The topological polar surface area (TPSA) is 66.5 Å². The second kappa shape index (κ2) is 9.53. The van der Waals surface area contributed by atoms with E-state index in [1.807, 2.05) is 32.9 Å². The van der Waals surface area contributed by atoms with Gasteiger partial charge in [-0.1, -0.05) is 30.3 Å². The summed E-state index contributed by atoms with van der Waals surface area (Å²) in [6.45, 7) is 5.91. The molecule has 0 heterocycles. The van der Waals surface area contributed by atoms with E-state index in [1.54, 1.807) is 42.5 Å². The molecule has 0 bridgehead atoms. The summed E-state index contributed by atoms with van der Waals surface area (Å²) < 4.78 is 39.3.